The molecule has 0 bridgehead atoms. The first-order valence-corrected chi connectivity index (χ1v) is 9.21. The lowest BCUT2D eigenvalue weighted by Crippen LogP contribution is -2.22. The van der Waals surface area contributed by atoms with Crippen LogP contribution < -0.4 is 0 Å². The summed E-state index contributed by atoms with van der Waals surface area (Å²) in [6.07, 6.45) is 11.2. The quantitative estimate of drug-likeness (QED) is 0.298. The van der Waals surface area contributed by atoms with Crippen LogP contribution in [0.2, 0.25) is 0 Å². The standard InChI is InChI=1S/C19H30Cl2/c1-3-4-5-6-7-11-14-18(19(2,20)21)16-15-17-12-9-8-10-13-17/h8-10,12-13,18H,3-7,11,14-16H2,1-2H3. The molecule has 1 aromatic carbocycles. The maximum Gasteiger partial charge on any atom is 0.118 e. The number of unbranched alkanes of at least 4 members (excludes halogenated alkanes) is 5. The number of alkyl halides is 2. The molecule has 0 aliphatic rings. The van der Waals surface area contributed by atoms with Gasteiger partial charge in [0.15, 0.2) is 0 Å². The van der Waals surface area contributed by atoms with E-state index >= 15 is 0 Å². The van der Waals surface area contributed by atoms with E-state index in [0.717, 1.165) is 19.3 Å². The molecule has 0 nitrogen and oxygen atoms in total. The van der Waals surface area contributed by atoms with Crippen molar-refractivity contribution >= 4 is 23.2 Å². The molecule has 1 aromatic rings. The molecule has 2 heteroatoms. The van der Waals surface area contributed by atoms with E-state index in [1.807, 2.05) is 6.92 Å². The number of rotatable bonds is 11. The third kappa shape index (κ3) is 8.73. The van der Waals surface area contributed by atoms with E-state index in [-0.39, 0.29) is 0 Å². The molecule has 0 aliphatic heterocycles. The molecule has 1 atom stereocenters. The minimum Gasteiger partial charge on any atom is -0.102 e. The Morgan fingerprint density at radius 2 is 1.52 bits per heavy atom. The Bertz CT molecular complexity index is 354. The van der Waals surface area contributed by atoms with Crippen molar-refractivity contribution in [2.75, 3.05) is 0 Å². The maximum atomic E-state index is 6.39. The van der Waals surface area contributed by atoms with Gasteiger partial charge in [0.25, 0.3) is 0 Å². The van der Waals surface area contributed by atoms with E-state index in [0.29, 0.717) is 5.92 Å². The van der Waals surface area contributed by atoms with Gasteiger partial charge in [0.05, 0.1) is 0 Å². The molecule has 21 heavy (non-hydrogen) atoms. The molecule has 1 rings (SSSR count). The summed E-state index contributed by atoms with van der Waals surface area (Å²) in [7, 11) is 0. The second-order valence-electron chi connectivity index (χ2n) is 6.23. The fourth-order valence-electron chi connectivity index (χ4n) is 2.81. The third-order valence-electron chi connectivity index (χ3n) is 4.25. The van der Waals surface area contributed by atoms with Crippen LogP contribution in [0.1, 0.15) is 70.8 Å². The lowest BCUT2D eigenvalue weighted by molar-refractivity contribution is 0.394. The number of aryl methyl sites for hydroxylation is 1. The Kier molecular flexibility index (Phi) is 9.44. The first-order valence-electron chi connectivity index (χ1n) is 8.45. The molecular formula is C19H30Cl2. The zero-order valence-electron chi connectivity index (χ0n) is 13.6. The van der Waals surface area contributed by atoms with Gasteiger partial charge in [0.2, 0.25) is 0 Å². The molecule has 0 radical (unpaired) electrons. The predicted molar refractivity (Wildman–Crippen MR) is 96.4 cm³/mol. The van der Waals surface area contributed by atoms with Crippen LogP contribution in [0.25, 0.3) is 0 Å². The van der Waals surface area contributed by atoms with E-state index in [9.17, 15) is 0 Å². The van der Waals surface area contributed by atoms with Crippen molar-refractivity contribution in [2.45, 2.75) is 76.0 Å². The summed E-state index contributed by atoms with van der Waals surface area (Å²) in [6, 6.07) is 10.6. The third-order valence-corrected chi connectivity index (χ3v) is 4.86. The van der Waals surface area contributed by atoms with Crippen molar-refractivity contribution in [3.63, 3.8) is 0 Å². The molecule has 0 aromatic heterocycles. The Hall–Kier alpha value is -0.200. The van der Waals surface area contributed by atoms with Crippen LogP contribution in [-0.4, -0.2) is 4.33 Å². The maximum absolute atomic E-state index is 6.39. The average Bonchev–Trinajstić information content (AvgIpc) is 2.45. The van der Waals surface area contributed by atoms with Gasteiger partial charge in [-0.2, -0.15) is 0 Å². The monoisotopic (exact) mass is 328 g/mol. The summed E-state index contributed by atoms with van der Waals surface area (Å²) in [5.41, 5.74) is 1.38. The number of hydrogen-bond acceptors (Lipinski definition) is 0. The zero-order chi connectivity index (χ0) is 15.6. The minimum atomic E-state index is -0.613. The number of hydrogen-bond donors (Lipinski definition) is 0. The van der Waals surface area contributed by atoms with Crippen molar-refractivity contribution < 1.29 is 0 Å². The first kappa shape index (κ1) is 18.8. The van der Waals surface area contributed by atoms with Crippen LogP contribution >= 0.6 is 23.2 Å². The molecular weight excluding hydrogens is 299 g/mol. The summed E-state index contributed by atoms with van der Waals surface area (Å²) >= 11 is 12.8. The fourth-order valence-corrected chi connectivity index (χ4v) is 3.24. The van der Waals surface area contributed by atoms with E-state index in [2.05, 4.69) is 37.3 Å². The number of benzene rings is 1. The highest BCUT2D eigenvalue weighted by Crippen LogP contribution is 2.36. The van der Waals surface area contributed by atoms with E-state index in [1.54, 1.807) is 0 Å². The van der Waals surface area contributed by atoms with Crippen LogP contribution in [0.15, 0.2) is 30.3 Å². The number of halogens is 2. The first-order chi connectivity index (χ1) is 10.0. The molecule has 0 amide bonds. The molecule has 0 saturated carbocycles. The largest absolute Gasteiger partial charge is 0.118 e. The summed E-state index contributed by atoms with van der Waals surface area (Å²) in [5.74, 6) is 0.382. The van der Waals surface area contributed by atoms with E-state index < -0.39 is 4.33 Å². The molecule has 0 fully saturated rings. The van der Waals surface area contributed by atoms with Crippen LogP contribution in [0.4, 0.5) is 0 Å². The Morgan fingerprint density at radius 1 is 0.905 bits per heavy atom. The zero-order valence-corrected chi connectivity index (χ0v) is 15.1. The Labute approximate surface area is 141 Å². The smallest absolute Gasteiger partial charge is 0.102 e. The average molecular weight is 329 g/mol. The molecule has 120 valence electrons. The topological polar surface area (TPSA) is 0 Å². The molecule has 0 spiro atoms. The molecule has 0 saturated heterocycles. The lowest BCUT2D eigenvalue weighted by Gasteiger charge is -2.26. The van der Waals surface area contributed by atoms with Gasteiger partial charge in [0, 0.05) is 0 Å². The second kappa shape index (κ2) is 10.5. The van der Waals surface area contributed by atoms with Crippen molar-refractivity contribution in [1.82, 2.24) is 0 Å². The van der Waals surface area contributed by atoms with Gasteiger partial charge in [-0.05, 0) is 37.7 Å². The Balaban J connectivity index is 2.31. The van der Waals surface area contributed by atoms with Gasteiger partial charge < -0.3 is 0 Å². The molecule has 0 heterocycles. The highest BCUT2D eigenvalue weighted by Gasteiger charge is 2.28. The summed E-state index contributed by atoms with van der Waals surface area (Å²) in [4.78, 5) is 0. The lowest BCUT2D eigenvalue weighted by atomic mass is 9.91. The van der Waals surface area contributed by atoms with Gasteiger partial charge in [-0.25, -0.2) is 0 Å². The summed E-state index contributed by atoms with van der Waals surface area (Å²) < 4.78 is -0.613. The van der Waals surface area contributed by atoms with Gasteiger partial charge in [-0.15, -0.1) is 23.2 Å². The molecule has 0 N–H and O–H groups in total. The van der Waals surface area contributed by atoms with Crippen LogP contribution in [0.5, 0.6) is 0 Å². The summed E-state index contributed by atoms with van der Waals surface area (Å²) in [6.45, 7) is 4.20. The molecule has 1 unspecified atom stereocenters. The van der Waals surface area contributed by atoms with Crippen molar-refractivity contribution in [1.29, 1.82) is 0 Å². The summed E-state index contributed by atoms with van der Waals surface area (Å²) in [5, 5.41) is 0. The SMILES string of the molecule is CCCCCCCCC(CCc1ccccc1)C(C)(Cl)Cl. The van der Waals surface area contributed by atoms with E-state index in [4.69, 9.17) is 23.2 Å². The highest BCUT2D eigenvalue weighted by atomic mass is 35.5. The van der Waals surface area contributed by atoms with Crippen molar-refractivity contribution in [3.8, 4) is 0 Å². The molecule has 0 aliphatic carbocycles. The van der Waals surface area contributed by atoms with Gasteiger partial charge in [-0.3, -0.25) is 0 Å². The van der Waals surface area contributed by atoms with Gasteiger partial charge >= 0.3 is 0 Å². The van der Waals surface area contributed by atoms with Gasteiger partial charge in [0.1, 0.15) is 4.33 Å². The normalized spacial score (nSPS) is 13.3. The van der Waals surface area contributed by atoms with Crippen LogP contribution in [0.3, 0.4) is 0 Å². The second-order valence-corrected chi connectivity index (χ2v) is 8.00. The van der Waals surface area contributed by atoms with E-state index in [1.165, 1.54) is 44.1 Å². The van der Waals surface area contributed by atoms with Crippen LogP contribution in [0, 0.1) is 5.92 Å². The highest BCUT2D eigenvalue weighted by molar-refractivity contribution is 6.48. The van der Waals surface area contributed by atoms with Crippen LogP contribution in [-0.2, 0) is 6.42 Å². The fraction of sp³-hybridized carbons (Fsp3) is 0.684. The van der Waals surface area contributed by atoms with Crippen molar-refractivity contribution in [2.24, 2.45) is 5.92 Å². The van der Waals surface area contributed by atoms with Crippen molar-refractivity contribution in [3.05, 3.63) is 35.9 Å². The van der Waals surface area contributed by atoms with Gasteiger partial charge in [-0.1, -0.05) is 75.8 Å². The minimum absolute atomic E-state index is 0.382. The predicted octanol–water partition coefficient (Wildman–Crippen LogP) is 7.18. The Morgan fingerprint density at radius 3 is 2.14 bits per heavy atom.